The lowest BCUT2D eigenvalue weighted by Crippen LogP contribution is -2.22. The number of hydrogen-bond donors (Lipinski definition) is 1. The number of carbonyl (C=O) groups excluding carboxylic acids is 1. The number of hydrogen-bond acceptors (Lipinski definition) is 5. The average molecular weight is 352 g/mol. The summed E-state index contributed by atoms with van der Waals surface area (Å²) in [6.45, 7) is 4.05. The third-order valence-corrected chi connectivity index (χ3v) is 4.85. The van der Waals surface area contributed by atoms with E-state index in [0.29, 0.717) is 35.0 Å². The molecule has 0 saturated heterocycles. The van der Waals surface area contributed by atoms with Crippen LogP contribution in [0, 0.1) is 0 Å². The third-order valence-electron chi connectivity index (χ3n) is 4.85. The maximum Gasteiger partial charge on any atom is 0.282 e. The van der Waals surface area contributed by atoms with Crippen molar-refractivity contribution in [1.29, 1.82) is 0 Å². The van der Waals surface area contributed by atoms with Crippen LogP contribution in [0.25, 0.3) is 5.70 Å². The lowest BCUT2D eigenvalue weighted by molar-refractivity contribution is 0.100. The van der Waals surface area contributed by atoms with E-state index in [1.54, 1.807) is 37.6 Å². The van der Waals surface area contributed by atoms with E-state index in [1.807, 2.05) is 6.07 Å². The Balaban J connectivity index is 1.67. The minimum atomic E-state index is -0.324. The number of benzene rings is 1. The van der Waals surface area contributed by atoms with Crippen LogP contribution in [0.1, 0.15) is 35.3 Å². The molecule has 1 amide bonds. The minimum Gasteiger partial charge on any atom is -0.493 e. The van der Waals surface area contributed by atoms with Crippen molar-refractivity contribution in [1.82, 2.24) is 4.98 Å². The standard InChI is InChI=1S/C20H20N2O4/c1-12-16-4-3-9-21-19(16)20(24)22(12)13-5-8-17(25-2)18(10-13)26-15-7-6-14(23)11-15/h3-5,8-10,14-15,23H,1,6-7,11H2,2H3. The lowest BCUT2D eigenvalue weighted by atomic mass is 10.2. The fraction of sp³-hybridized carbons (Fsp3) is 0.300. The number of methoxy groups -OCH3 is 1. The molecule has 6 nitrogen and oxygen atoms in total. The summed E-state index contributed by atoms with van der Waals surface area (Å²) in [4.78, 5) is 18.5. The predicted octanol–water partition coefficient (Wildman–Crippen LogP) is 3.01. The summed E-state index contributed by atoms with van der Waals surface area (Å²) in [6, 6.07) is 8.97. The van der Waals surface area contributed by atoms with Gasteiger partial charge in [-0.25, -0.2) is 0 Å². The Bertz CT molecular complexity index is 845. The molecule has 6 heteroatoms. The molecule has 4 rings (SSSR count). The molecule has 2 atom stereocenters. The highest BCUT2D eigenvalue weighted by Gasteiger charge is 2.34. The van der Waals surface area contributed by atoms with E-state index in [4.69, 9.17) is 9.47 Å². The number of amides is 1. The number of anilines is 1. The minimum absolute atomic E-state index is 0.0644. The van der Waals surface area contributed by atoms with E-state index in [2.05, 4.69) is 11.6 Å². The van der Waals surface area contributed by atoms with Crippen molar-refractivity contribution in [2.75, 3.05) is 12.0 Å². The highest BCUT2D eigenvalue weighted by atomic mass is 16.5. The van der Waals surface area contributed by atoms with Crippen LogP contribution in [0.5, 0.6) is 11.5 Å². The smallest absolute Gasteiger partial charge is 0.282 e. The van der Waals surface area contributed by atoms with Crippen molar-refractivity contribution in [2.45, 2.75) is 31.5 Å². The van der Waals surface area contributed by atoms with Crippen molar-refractivity contribution in [3.63, 3.8) is 0 Å². The van der Waals surface area contributed by atoms with Crippen molar-refractivity contribution in [2.24, 2.45) is 0 Å². The monoisotopic (exact) mass is 352 g/mol. The van der Waals surface area contributed by atoms with Crippen LogP contribution in [0.2, 0.25) is 0 Å². The first kappa shape index (κ1) is 16.6. The Hall–Kier alpha value is -2.86. The fourth-order valence-electron chi connectivity index (χ4n) is 3.53. The van der Waals surface area contributed by atoms with E-state index < -0.39 is 0 Å². The van der Waals surface area contributed by atoms with Crippen LogP contribution in [0.4, 0.5) is 5.69 Å². The zero-order valence-electron chi connectivity index (χ0n) is 14.5. The Morgan fingerprint density at radius 2 is 2.12 bits per heavy atom. The second kappa shape index (κ2) is 6.46. The van der Waals surface area contributed by atoms with Crippen LogP contribution in [-0.4, -0.2) is 35.3 Å². The average Bonchev–Trinajstić information content (AvgIpc) is 3.17. The SMILES string of the molecule is C=C1c2cccnc2C(=O)N1c1ccc(OC)c(OC2CCC(O)C2)c1. The number of fused-ring (bicyclic) bond motifs is 1. The van der Waals surface area contributed by atoms with Gasteiger partial charge in [-0.05, 0) is 37.1 Å². The normalized spacial score (nSPS) is 21.8. The van der Waals surface area contributed by atoms with E-state index in [1.165, 1.54) is 4.90 Å². The van der Waals surface area contributed by atoms with E-state index in [9.17, 15) is 9.90 Å². The van der Waals surface area contributed by atoms with Crippen LogP contribution in [0.3, 0.4) is 0 Å². The number of aliphatic hydroxyl groups excluding tert-OH is 1. The molecule has 2 heterocycles. The molecule has 1 aromatic heterocycles. The quantitative estimate of drug-likeness (QED) is 0.916. The predicted molar refractivity (Wildman–Crippen MR) is 97.3 cm³/mol. The fourth-order valence-corrected chi connectivity index (χ4v) is 3.53. The summed E-state index contributed by atoms with van der Waals surface area (Å²) in [6.07, 6.45) is 3.33. The molecular formula is C20H20N2O4. The number of ether oxygens (including phenoxy) is 2. The molecule has 2 aromatic rings. The number of pyridine rings is 1. The summed E-state index contributed by atoms with van der Waals surface area (Å²) in [7, 11) is 1.57. The van der Waals surface area contributed by atoms with E-state index in [-0.39, 0.29) is 18.1 Å². The molecule has 1 aliphatic carbocycles. The number of nitrogens with zero attached hydrogens (tertiary/aromatic N) is 2. The van der Waals surface area contributed by atoms with E-state index >= 15 is 0 Å². The molecule has 1 aliphatic heterocycles. The molecule has 1 fully saturated rings. The van der Waals surface area contributed by atoms with Gasteiger partial charge in [-0.1, -0.05) is 6.58 Å². The molecular weight excluding hydrogens is 332 g/mol. The van der Waals surface area contributed by atoms with Gasteiger partial charge < -0.3 is 14.6 Å². The first-order valence-corrected chi connectivity index (χ1v) is 8.60. The molecule has 1 aromatic carbocycles. The Labute approximate surface area is 151 Å². The van der Waals surface area contributed by atoms with Gasteiger partial charge in [0.1, 0.15) is 11.8 Å². The second-order valence-electron chi connectivity index (χ2n) is 6.53. The highest BCUT2D eigenvalue weighted by molar-refractivity contribution is 6.21. The Morgan fingerprint density at radius 3 is 2.81 bits per heavy atom. The maximum atomic E-state index is 12.8. The first-order valence-electron chi connectivity index (χ1n) is 8.60. The van der Waals surface area contributed by atoms with Gasteiger partial charge >= 0.3 is 0 Å². The van der Waals surface area contributed by atoms with Gasteiger partial charge in [0.15, 0.2) is 11.5 Å². The van der Waals surface area contributed by atoms with Gasteiger partial charge in [-0.2, -0.15) is 0 Å². The highest BCUT2D eigenvalue weighted by Crippen LogP contribution is 2.40. The van der Waals surface area contributed by atoms with Gasteiger partial charge in [0.05, 0.1) is 24.6 Å². The maximum absolute atomic E-state index is 12.8. The summed E-state index contributed by atoms with van der Waals surface area (Å²) >= 11 is 0. The van der Waals surface area contributed by atoms with Gasteiger partial charge in [0.25, 0.3) is 5.91 Å². The van der Waals surface area contributed by atoms with Crippen molar-refractivity contribution < 1.29 is 19.4 Å². The van der Waals surface area contributed by atoms with Crippen LogP contribution < -0.4 is 14.4 Å². The van der Waals surface area contributed by atoms with Gasteiger partial charge in [0.2, 0.25) is 0 Å². The van der Waals surface area contributed by atoms with Gasteiger partial charge in [-0.15, -0.1) is 0 Å². The molecule has 134 valence electrons. The number of carbonyl (C=O) groups is 1. The molecule has 1 saturated carbocycles. The third kappa shape index (κ3) is 2.72. The summed E-state index contributed by atoms with van der Waals surface area (Å²) < 4.78 is 11.4. The molecule has 26 heavy (non-hydrogen) atoms. The number of aromatic nitrogens is 1. The first-order chi connectivity index (χ1) is 12.6. The Morgan fingerprint density at radius 1 is 1.27 bits per heavy atom. The molecule has 0 spiro atoms. The number of aliphatic hydroxyl groups is 1. The molecule has 1 N–H and O–H groups in total. The summed E-state index contributed by atoms with van der Waals surface area (Å²) in [5.41, 5.74) is 2.36. The van der Waals surface area contributed by atoms with Crippen LogP contribution in [0.15, 0.2) is 43.1 Å². The van der Waals surface area contributed by atoms with Gasteiger partial charge in [-0.3, -0.25) is 14.7 Å². The lowest BCUT2D eigenvalue weighted by Gasteiger charge is -2.21. The largest absolute Gasteiger partial charge is 0.493 e. The molecule has 2 aliphatic rings. The van der Waals surface area contributed by atoms with Crippen molar-refractivity contribution >= 4 is 17.3 Å². The summed E-state index contributed by atoms with van der Waals surface area (Å²) in [5, 5.41) is 9.72. The van der Waals surface area contributed by atoms with Crippen LogP contribution in [-0.2, 0) is 0 Å². The van der Waals surface area contributed by atoms with E-state index in [0.717, 1.165) is 18.4 Å². The Kier molecular flexibility index (Phi) is 4.12. The van der Waals surface area contributed by atoms with Crippen molar-refractivity contribution in [3.05, 3.63) is 54.4 Å². The van der Waals surface area contributed by atoms with Gasteiger partial charge in [0, 0.05) is 24.2 Å². The molecule has 2 unspecified atom stereocenters. The number of rotatable bonds is 4. The topological polar surface area (TPSA) is 71.9 Å². The van der Waals surface area contributed by atoms with Crippen LogP contribution >= 0.6 is 0 Å². The molecule has 0 bridgehead atoms. The molecule has 0 radical (unpaired) electrons. The van der Waals surface area contributed by atoms with Crippen molar-refractivity contribution in [3.8, 4) is 11.5 Å². The second-order valence-corrected chi connectivity index (χ2v) is 6.53. The zero-order valence-corrected chi connectivity index (χ0v) is 14.5. The summed E-state index contributed by atoms with van der Waals surface area (Å²) in [5.74, 6) is 0.926. The zero-order chi connectivity index (χ0) is 18.3.